The summed E-state index contributed by atoms with van der Waals surface area (Å²) in [5, 5.41) is 15.2. The first kappa shape index (κ1) is 16.5. The van der Waals surface area contributed by atoms with Gasteiger partial charge in [-0.05, 0) is 31.2 Å². The van der Waals surface area contributed by atoms with Gasteiger partial charge in [-0.15, -0.1) is 0 Å². The summed E-state index contributed by atoms with van der Waals surface area (Å²) in [5.41, 5.74) is 1.03. The fourth-order valence-corrected chi connectivity index (χ4v) is 3.44. The molecule has 0 unspecified atom stereocenters. The summed E-state index contributed by atoms with van der Waals surface area (Å²) in [5.74, 6) is 0.173. The van der Waals surface area contributed by atoms with Gasteiger partial charge in [0.05, 0.1) is 5.52 Å². The van der Waals surface area contributed by atoms with Crippen LogP contribution in [0.2, 0.25) is 0 Å². The Morgan fingerprint density at radius 3 is 2.65 bits per heavy atom. The average molecular weight is 412 g/mol. The third-order valence-corrected chi connectivity index (χ3v) is 4.91. The van der Waals surface area contributed by atoms with Crippen LogP contribution in [0.5, 0.6) is 5.75 Å². The molecule has 0 aliphatic rings. The van der Waals surface area contributed by atoms with E-state index in [4.69, 9.17) is 4.52 Å². The molecule has 0 saturated heterocycles. The van der Waals surface area contributed by atoms with Gasteiger partial charge in [-0.2, -0.15) is 4.98 Å². The maximum Gasteiger partial charge on any atom is 0.267 e. The highest BCUT2D eigenvalue weighted by Gasteiger charge is 2.23. The molecule has 2 aromatic carbocycles. The summed E-state index contributed by atoms with van der Waals surface area (Å²) in [6.07, 6.45) is 0. The number of aromatic nitrogens is 3. The average Bonchev–Trinajstić information content (AvgIpc) is 3.12. The predicted molar refractivity (Wildman–Crippen MR) is 102 cm³/mol. The third kappa shape index (κ3) is 2.52. The number of nitrogens with zero attached hydrogens (tertiary/aromatic N) is 3. The number of hydrogen-bond donors (Lipinski definition) is 1. The molecule has 0 fully saturated rings. The molecule has 0 spiro atoms. The summed E-state index contributed by atoms with van der Waals surface area (Å²) < 4.78 is 7.70. The zero-order valence-corrected chi connectivity index (χ0v) is 15.4. The Morgan fingerprint density at radius 2 is 1.88 bits per heavy atom. The minimum Gasteiger partial charge on any atom is -0.506 e. The van der Waals surface area contributed by atoms with Crippen LogP contribution >= 0.6 is 15.9 Å². The van der Waals surface area contributed by atoms with Crippen molar-refractivity contribution in [3.05, 3.63) is 63.4 Å². The minimum atomic E-state index is -0.369. The molecule has 0 bridgehead atoms. The second-order valence-corrected chi connectivity index (χ2v) is 6.55. The van der Waals surface area contributed by atoms with Crippen molar-refractivity contribution in [1.29, 1.82) is 0 Å². The molecule has 0 saturated carbocycles. The van der Waals surface area contributed by atoms with Crippen molar-refractivity contribution in [1.82, 2.24) is 14.7 Å². The smallest absolute Gasteiger partial charge is 0.267 e. The second-order valence-electron chi connectivity index (χ2n) is 5.69. The summed E-state index contributed by atoms with van der Waals surface area (Å²) >= 11 is 3.45. The zero-order valence-electron chi connectivity index (χ0n) is 13.8. The van der Waals surface area contributed by atoms with Crippen LogP contribution in [0.15, 0.2) is 62.3 Å². The summed E-state index contributed by atoms with van der Waals surface area (Å²) in [4.78, 5) is 17.2. The molecule has 0 amide bonds. The van der Waals surface area contributed by atoms with Crippen molar-refractivity contribution in [3.63, 3.8) is 0 Å². The number of pyridine rings is 1. The summed E-state index contributed by atoms with van der Waals surface area (Å²) in [6.45, 7) is 2.33. The zero-order chi connectivity index (χ0) is 18.3. The third-order valence-electron chi connectivity index (χ3n) is 4.22. The van der Waals surface area contributed by atoms with Gasteiger partial charge in [-0.25, -0.2) is 0 Å². The molecule has 1 N–H and O–H groups in total. The topological polar surface area (TPSA) is 81.2 Å². The van der Waals surface area contributed by atoms with Gasteiger partial charge < -0.3 is 14.2 Å². The molecule has 0 atom stereocenters. The fraction of sp³-hybridized carbons (Fsp3) is 0.105. The van der Waals surface area contributed by atoms with Crippen molar-refractivity contribution in [2.75, 3.05) is 0 Å². The van der Waals surface area contributed by atoms with Crippen LogP contribution in [0.1, 0.15) is 6.92 Å². The maximum atomic E-state index is 12.9. The first-order valence-corrected chi connectivity index (χ1v) is 8.84. The number of halogens is 1. The number of rotatable bonds is 3. The fourth-order valence-electron chi connectivity index (χ4n) is 2.97. The SMILES string of the molecule is CCn1c(=O)c(-c2nc(-c3ccccc3Br)no2)c(O)c2ccccc21. The van der Waals surface area contributed by atoms with Crippen molar-refractivity contribution < 1.29 is 9.63 Å². The largest absolute Gasteiger partial charge is 0.506 e. The molecule has 0 aliphatic heterocycles. The molecule has 2 aromatic heterocycles. The van der Waals surface area contributed by atoms with Crippen LogP contribution in [0.3, 0.4) is 0 Å². The summed E-state index contributed by atoms with van der Waals surface area (Å²) in [6, 6.07) is 14.6. The molecule has 130 valence electrons. The Labute approximate surface area is 156 Å². The van der Waals surface area contributed by atoms with Gasteiger partial charge in [0.1, 0.15) is 11.3 Å². The molecule has 26 heavy (non-hydrogen) atoms. The van der Waals surface area contributed by atoms with E-state index in [-0.39, 0.29) is 22.8 Å². The highest BCUT2D eigenvalue weighted by Crippen LogP contribution is 2.34. The van der Waals surface area contributed by atoms with E-state index in [1.165, 1.54) is 0 Å². The molecule has 0 radical (unpaired) electrons. The van der Waals surface area contributed by atoms with Crippen molar-refractivity contribution in [3.8, 4) is 28.6 Å². The first-order chi connectivity index (χ1) is 12.6. The van der Waals surface area contributed by atoms with E-state index in [0.29, 0.717) is 23.3 Å². The van der Waals surface area contributed by atoms with Gasteiger partial charge in [-0.3, -0.25) is 4.79 Å². The van der Waals surface area contributed by atoms with E-state index < -0.39 is 0 Å². The quantitative estimate of drug-likeness (QED) is 0.545. The molecule has 4 aromatic rings. The van der Waals surface area contributed by atoms with E-state index in [2.05, 4.69) is 26.1 Å². The molecule has 0 aliphatic carbocycles. The Morgan fingerprint density at radius 1 is 1.15 bits per heavy atom. The lowest BCUT2D eigenvalue weighted by atomic mass is 10.1. The van der Waals surface area contributed by atoms with Gasteiger partial charge in [0.25, 0.3) is 11.4 Å². The lowest BCUT2D eigenvalue weighted by molar-refractivity contribution is 0.425. The molecule has 7 heteroatoms. The van der Waals surface area contributed by atoms with Gasteiger partial charge >= 0.3 is 0 Å². The normalized spacial score (nSPS) is 11.2. The summed E-state index contributed by atoms with van der Waals surface area (Å²) in [7, 11) is 0. The van der Waals surface area contributed by atoms with Crippen LogP contribution in [0.25, 0.3) is 33.7 Å². The lowest BCUT2D eigenvalue weighted by Gasteiger charge is -2.11. The molecule has 4 rings (SSSR count). The van der Waals surface area contributed by atoms with Crippen LogP contribution in [-0.4, -0.2) is 19.8 Å². The van der Waals surface area contributed by atoms with Crippen LogP contribution in [0, 0.1) is 0 Å². The van der Waals surface area contributed by atoms with E-state index in [0.717, 1.165) is 10.0 Å². The van der Waals surface area contributed by atoms with Gasteiger partial charge in [0.2, 0.25) is 5.82 Å². The van der Waals surface area contributed by atoms with Crippen molar-refractivity contribution in [2.24, 2.45) is 0 Å². The molecule has 6 nitrogen and oxygen atoms in total. The Hall–Kier alpha value is -2.93. The van der Waals surface area contributed by atoms with Crippen LogP contribution < -0.4 is 5.56 Å². The molecule has 2 heterocycles. The monoisotopic (exact) mass is 411 g/mol. The number of aromatic hydroxyl groups is 1. The number of aryl methyl sites for hydroxylation is 1. The van der Waals surface area contributed by atoms with E-state index in [1.54, 1.807) is 22.8 Å². The first-order valence-electron chi connectivity index (χ1n) is 8.05. The number of benzene rings is 2. The minimum absolute atomic E-state index is 0.00814. The van der Waals surface area contributed by atoms with Crippen LogP contribution in [0.4, 0.5) is 0 Å². The van der Waals surface area contributed by atoms with Gasteiger partial charge in [0.15, 0.2) is 0 Å². The Balaban J connectivity index is 1.96. The standard InChI is InChI=1S/C19H14BrN3O3/c1-2-23-14-10-6-4-8-12(14)16(24)15(19(23)25)18-21-17(22-26-18)11-7-3-5-9-13(11)20/h3-10,24H,2H2,1H3. The Kier molecular flexibility index (Phi) is 4.08. The molecular weight excluding hydrogens is 398 g/mol. The second kappa shape index (κ2) is 6.42. The lowest BCUT2D eigenvalue weighted by Crippen LogP contribution is -2.21. The van der Waals surface area contributed by atoms with Crippen molar-refractivity contribution in [2.45, 2.75) is 13.5 Å². The van der Waals surface area contributed by atoms with E-state index in [1.807, 2.05) is 37.3 Å². The van der Waals surface area contributed by atoms with E-state index in [9.17, 15) is 9.90 Å². The van der Waals surface area contributed by atoms with Gasteiger partial charge in [0, 0.05) is 22.0 Å². The number of hydrogen-bond acceptors (Lipinski definition) is 5. The highest BCUT2D eigenvalue weighted by atomic mass is 79.9. The maximum absolute atomic E-state index is 12.9. The van der Waals surface area contributed by atoms with Crippen LogP contribution in [-0.2, 0) is 6.54 Å². The number of para-hydroxylation sites is 1. The predicted octanol–water partition coefficient (Wildman–Crippen LogP) is 4.21. The molecular formula is C19H14BrN3O3. The highest BCUT2D eigenvalue weighted by molar-refractivity contribution is 9.10. The van der Waals surface area contributed by atoms with E-state index >= 15 is 0 Å². The number of fused-ring (bicyclic) bond motifs is 1. The van der Waals surface area contributed by atoms with Crippen molar-refractivity contribution >= 4 is 26.8 Å². The van der Waals surface area contributed by atoms with Gasteiger partial charge in [-0.1, -0.05) is 45.4 Å². The Bertz CT molecular complexity index is 1180.